The van der Waals surface area contributed by atoms with Crippen LogP contribution >= 0.6 is 0 Å². The van der Waals surface area contributed by atoms with Crippen molar-refractivity contribution in [3.8, 4) is 11.5 Å². The topological polar surface area (TPSA) is 99.2 Å². The molecular weight excluding hydrogens is 398 g/mol. The van der Waals surface area contributed by atoms with Gasteiger partial charge in [0.25, 0.3) is 5.91 Å². The van der Waals surface area contributed by atoms with Crippen LogP contribution in [-0.2, 0) is 19.4 Å². The summed E-state index contributed by atoms with van der Waals surface area (Å²) in [7, 11) is -3.19. The molecule has 2 aliphatic heterocycles. The van der Waals surface area contributed by atoms with Gasteiger partial charge < -0.3 is 19.1 Å². The highest BCUT2D eigenvalue weighted by Gasteiger charge is 2.35. The van der Waals surface area contributed by atoms with Gasteiger partial charge in [-0.1, -0.05) is 18.2 Å². The zero-order chi connectivity index (χ0) is 20.4. The average molecular weight is 417 g/mol. The van der Waals surface area contributed by atoms with E-state index in [0.29, 0.717) is 23.6 Å². The molecule has 4 rings (SSSR count). The lowest BCUT2D eigenvalue weighted by atomic mass is 10.2. The summed E-state index contributed by atoms with van der Waals surface area (Å²) in [6, 6.07) is 12.9. The molecule has 8 nitrogen and oxygen atoms in total. The summed E-state index contributed by atoms with van der Waals surface area (Å²) < 4.78 is 39.4. The lowest BCUT2D eigenvalue weighted by Crippen LogP contribution is -2.43. The Morgan fingerprint density at radius 2 is 1.83 bits per heavy atom. The molecule has 2 aromatic rings. The monoisotopic (exact) mass is 417 g/mol. The number of hydrogen-bond donors (Lipinski definition) is 0. The molecular formula is C20H19NO7S. The van der Waals surface area contributed by atoms with Crippen LogP contribution < -0.4 is 14.4 Å². The number of carbonyl (C=O) groups is 2. The number of benzene rings is 2. The number of nitrogens with zero attached hydrogens (tertiary/aromatic N) is 1. The number of fused-ring (bicyclic) bond motifs is 1. The van der Waals surface area contributed by atoms with Crippen LogP contribution in [0.2, 0.25) is 0 Å². The Balaban J connectivity index is 1.47. The maximum absolute atomic E-state index is 12.9. The van der Waals surface area contributed by atoms with Crippen molar-refractivity contribution in [2.75, 3.05) is 29.8 Å². The first-order chi connectivity index (χ1) is 13.9. The van der Waals surface area contributed by atoms with E-state index in [1.807, 2.05) is 0 Å². The van der Waals surface area contributed by atoms with Gasteiger partial charge in [-0.05, 0) is 36.8 Å². The maximum atomic E-state index is 12.9. The molecule has 1 amide bonds. The predicted octanol–water partition coefficient (Wildman–Crippen LogP) is 1.79. The van der Waals surface area contributed by atoms with Crippen molar-refractivity contribution in [2.45, 2.75) is 12.5 Å². The van der Waals surface area contributed by atoms with Gasteiger partial charge in [-0.25, -0.2) is 13.2 Å². The van der Waals surface area contributed by atoms with E-state index >= 15 is 0 Å². The quantitative estimate of drug-likeness (QED) is 0.684. The predicted molar refractivity (Wildman–Crippen MR) is 104 cm³/mol. The molecule has 1 atom stereocenters. The van der Waals surface area contributed by atoms with E-state index in [0.717, 1.165) is 0 Å². The highest BCUT2D eigenvalue weighted by molar-refractivity contribution is 7.91. The third-order valence-corrected chi connectivity index (χ3v) is 6.56. The average Bonchev–Trinajstić information content (AvgIpc) is 3.32. The van der Waals surface area contributed by atoms with Crippen LogP contribution in [0, 0.1) is 0 Å². The molecule has 0 aliphatic carbocycles. The SMILES string of the molecule is O=C(OCC(=O)N(c1ccccc1)[C@@H]1CCS(=O)(=O)C1)c1ccc2c(c1)OCO2. The number of carbonyl (C=O) groups excluding carboxylic acids is 2. The molecule has 0 bridgehead atoms. The number of amides is 1. The third-order valence-electron chi connectivity index (χ3n) is 4.81. The van der Waals surface area contributed by atoms with Crippen LogP contribution in [0.5, 0.6) is 11.5 Å². The molecule has 9 heteroatoms. The number of para-hydroxylation sites is 1. The summed E-state index contributed by atoms with van der Waals surface area (Å²) in [5.74, 6) is -0.256. The molecule has 0 spiro atoms. The molecule has 2 aromatic carbocycles. The summed E-state index contributed by atoms with van der Waals surface area (Å²) >= 11 is 0. The molecule has 0 aromatic heterocycles. The Morgan fingerprint density at radius 1 is 1.07 bits per heavy atom. The first kappa shape index (κ1) is 19.3. The molecule has 152 valence electrons. The highest BCUT2D eigenvalue weighted by Crippen LogP contribution is 2.32. The van der Waals surface area contributed by atoms with Gasteiger partial charge in [0.05, 0.1) is 23.1 Å². The normalized spacial score (nSPS) is 19.0. The molecule has 29 heavy (non-hydrogen) atoms. The number of hydrogen-bond acceptors (Lipinski definition) is 7. The van der Waals surface area contributed by atoms with Gasteiger partial charge in [0.1, 0.15) is 0 Å². The van der Waals surface area contributed by atoms with Gasteiger partial charge in [0.2, 0.25) is 6.79 Å². The lowest BCUT2D eigenvalue weighted by molar-refractivity contribution is -0.122. The molecule has 1 saturated heterocycles. The van der Waals surface area contributed by atoms with E-state index in [1.54, 1.807) is 36.4 Å². The smallest absolute Gasteiger partial charge is 0.338 e. The van der Waals surface area contributed by atoms with Crippen molar-refractivity contribution in [2.24, 2.45) is 0 Å². The van der Waals surface area contributed by atoms with E-state index in [1.165, 1.54) is 17.0 Å². The Labute approximate surface area is 167 Å². The zero-order valence-corrected chi connectivity index (χ0v) is 16.3. The minimum atomic E-state index is -3.19. The number of sulfone groups is 1. The van der Waals surface area contributed by atoms with E-state index in [4.69, 9.17) is 14.2 Å². The standard InChI is InChI=1S/C20H19NO7S/c22-19(11-26-20(23)14-6-7-17-18(10-14)28-13-27-17)21(15-4-2-1-3-5-15)16-8-9-29(24,25)12-16/h1-7,10,16H,8-9,11-13H2/t16-/m1/s1. The van der Waals surface area contributed by atoms with Crippen molar-refractivity contribution < 1.29 is 32.2 Å². The molecule has 0 N–H and O–H groups in total. The summed E-state index contributed by atoms with van der Waals surface area (Å²) in [6.45, 7) is -0.415. The summed E-state index contributed by atoms with van der Waals surface area (Å²) in [5, 5.41) is 0. The van der Waals surface area contributed by atoms with Gasteiger partial charge in [0, 0.05) is 5.69 Å². The highest BCUT2D eigenvalue weighted by atomic mass is 32.2. The van der Waals surface area contributed by atoms with Crippen molar-refractivity contribution in [1.82, 2.24) is 0 Å². The third kappa shape index (κ3) is 4.19. The minimum absolute atomic E-state index is 0.0330. The largest absolute Gasteiger partial charge is 0.454 e. The van der Waals surface area contributed by atoms with Crippen LogP contribution in [0.25, 0.3) is 0 Å². The molecule has 0 saturated carbocycles. The molecule has 2 heterocycles. The summed E-state index contributed by atoms with van der Waals surface area (Å²) in [6.07, 6.45) is 0.346. The minimum Gasteiger partial charge on any atom is -0.454 e. The Kier molecular flexibility index (Phi) is 5.14. The summed E-state index contributed by atoms with van der Waals surface area (Å²) in [4.78, 5) is 26.6. The van der Waals surface area contributed by atoms with Crippen LogP contribution in [0.15, 0.2) is 48.5 Å². The molecule has 0 unspecified atom stereocenters. The van der Waals surface area contributed by atoms with Gasteiger partial charge >= 0.3 is 5.97 Å². The number of esters is 1. The lowest BCUT2D eigenvalue weighted by Gasteiger charge is -2.28. The van der Waals surface area contributed by atoms with E-state index in [-0.39, 0.29) is 23.9 Å². The maximum Gasteiger partial charge on any atom is 0.338 e. The fraction of sp³-hybridized carbons (Fsp3) is 0.300. The van der Waals surface area contributed by atoms with Crippen LogP contribution in [0.4, 0.5) is 5.69 Å². The van der Waals surface area contributed by atoms with Crippen molar-refractivity contribution in [3.05, 3.63) is 54.1 Å². The van der Waals surface area contributed by atoms with E-state index < -0.39 is 34.4 Å². The number of ether oxygens (including phenoxy) is 3. The van der Waals surface area contributed by atoms with Crippen molar-refractivity contribution >= 4 is 27.4 Å². The first-order valence-electron chi connectivity index (χ1n) is 9.07. The van der Waals surface area contributed by atoms with E-state index in [2.05, 4.69) is 0 Å². The molecule has 2 aliphatic rings. The Morgan fingerprint density at radius 3 is 2.55 bits per heavy atom. The van der Waals surface area contributed by atoms with Gasteiger partial charge in [0.15, 0.2) is 27.9 Å². The van der Waals surface area contributed by atoms with Crippen molar-refractivity contribution in [1.29, 1.82) is 0 Å². The fourth-order valence-corrected chi connectivity index (χ4v) is 5.13. The second kappa shape index (κ2) is 7.75. The molecule has 1 fully saturated rings. The number of rotatable bonds is 5. The molecule has 0 radical (unpaired) electrons. The van der Waals surface area contributed by atoms with Crippen molar-refractivity contribution in [3.63, 3.8) is 0 Å². The first-order valence-corrected chi connectivity index (χ1v) is 10.9. The van der Waals surface area contributed by atoms with E-state index in [9.17, 15) is 18.0 Å². The Hall–Kier alpha value is -3.07. The van der Waals surface area contributed by atoms with Gasteiger partial charge in [-0.3, -0.25) is 4.79 Å². The summed E-state index contributed by atoms with van der Waals surface area (Å²) in [5.41, 5.74) is 0.801. The van der Waals surface area contributed by atoms with Crippen LogP contribution in [0.1, 0.15) is 16.8 Å². The zero-order valence-electron chi connectivity index (χ0n) is 15.4. The fourth-order valence-electron chi connectivity index (χ4n) is 3.43. The Bertz CT molecular complexity index is 1040. The van der Waals surface area contributed by atoms with Crippen LogP contribution in [-0.4, -0.2) is 51.2 Å². The second-order valence-electron chi connectivity index (χ2n) is 6.80. The van der Waals surface area contributed by atoms with Gasteiger partial charge in [-0.2, -0.15) is 0 Å². The van der Waals surface area contributed by atoms with Gasteiger partial charge in [-0.15, -0.1) is 0 Å². The second-order valence-corrected chi connectivity index (χ2v) is 9.03. The van der Waals surface area contributed by atoms with Crippen LogP contribution in [0.3, 0.4) is 0 Å². The number of anilines is 1.